The molecule has 0 fully saturated rings. The zero-order valence-electron chi connectivity index (χ0n) is 11.6. The van der Waals surface area contributed by atoms with Crippen molar-refractivity contribution in [1.29, 1.82) is 0 Å². The number of carbonyl (C=O) groups is 1. The SMILES string of the molecule is COCCc1ccc(Oc2cc(C(=O)O)c(N)cn2)cc1. The zero-order valence-corrected chi connectivity index (χ0v) is 11.6. The van der Waals surface area contributed by atoms with Gasteiger partial charge in [-0.25, -0.2) is 9.78 Å². The molecule has 2 aromatic rings. The average molecular weight is 288 g/mol. The summed E-state index contributed by atoms with van der Waals surface area (Å²) in [5.41, 5.74) is 6.74. The van der Waals surface area contributed by atoms with E-state index in [1.165, 1.54) is 12.3 Å². The normalized spacial score (nSPS) is 10.3. The van der Waals surface area contributed by atoms with E-state index in [9.17, 15) is 4.79 Å². The minimum absolute atomic E-state index is 0.0308. The van der Waals surface area contributed by atoms with E-state index in [1.807, 2.05) is 12.1 Å². The molecule has 1 aromatic heterocycles. The first-order chi connectivity index (χ1) is 10.1. The Balaban J connectivity index is 2.11. The van der Waals surface area contributed by atoms with Gasteiger partial charge in [-0.1, -0.05) is 12.1 Å². The Bertz CT molecular complexity index is 626. The molecule has 0 aliphatic rings. The highest BCUT2D eigenvalue weighted by Crippen LogP contribution is 2.23. The van der Waals surface area contributed by atoms with Gasteiger partial charge in [0.2, 0.25) is 5.88 Å². The molecule has 6 heteroatoms. The van der Waals surface area contributed by atoms with Gasteiger partial charge in [-0.3, -0.25) is 0 Å². The second kappa shape index (κ2) is 6.71. The van der Waals surface area contributed by atoms with E-state index in [2.05, 4.69) is 4.98 Å². The maximum absolute atomic E-state index is 11.0. The number of nitrogens with two attached hydrogens (primary N) is 1. The summed E-state index contributed by atoms with van der Waals surface area (Å²) >= 11 is 0. The summed E-state index contributed by atoms with van der Waals surface area (Å²) in [6.45, 7) is 0.654. The van der Waals surface area contributed by atoms with Crippen molar-refractivity contribution in [2.75, 3.05) is 19.5 Å². The van der Waals surface area contributed by atoms with Crippen LogP contribution in [0.2, 0.25) is 0 Å². The van der Waals surface area contributed by atoms with Crippen molar-refractivity contribution >= 4 is 11.7 Å². The molecule has 0 saturated carbocycles. The lowest BCUT2D eigenvalue weighted by molar-refractivity contribution is 0.0697. The number of carboxylic acids is 1. The van der Waals surface area contributed by atoms with Gasteiger partial charge >= 0.3 is 5.97 Å². The highest BCUT2D eigenvalue weighted by Gasteiger charge is 2.10. The van der Waals surface area contributed by atoms with Crippen LogP contribution in [0.15, 0.2) is 36.5 Å². The zero-order chi connectivity index (χ0) is 15.2. The van der Waals surface area contributed by atoms with Crippen molar-refractivity contribution in [3.8, 4) is 11.6 Å². The third-order valence-electron chi connectivity index (χ3n) is 2.88. The fourth-order valence-corrected chi connectivity index (χ4v) is 1.75. The van der Waals surface area contributed by atoms with E-state index < -0.39 is 5.97 Å². The summed E-state index contributed by atoms with van der Waals surface area (Å²) in [6, 6.07) is 8.73. The molecule has 110 valence electrons. The standard InChI is InChI=1S/C15H16N2O4/c1-20-7-6-10-2-4-11(5-3-10)21-14-8-12(15(18)19)13(16)9-17-14/h2-5,8-9H,6-7,16H2,1H3,(H,18,19). The van der Waals surface area contributed by atoms with Crippen LogP contribution in [0.3, 0.4) is 0 Å². The smallest absolute Gasteiger partial charge is 0.338 e. The molecule has 0 aliphatic carbocycles. The molecule has 0 unspecified atom stereocenters. The van der Waals surface area contributed by atoms with Crippen LogP contribution in [0.5, 0.6) is 11.6 Å². The van der Waals surface area contributed by atoms with Gasteiger partial charge < -0.3 is 20.3 Å². The summed E-state index contributed by atoms with van der Waals surface area (Å²) < 4.78 is 10.5. The van der Waals surface area contributed by atoms with Crippen molar-refractivity contribution in [2.45, 2.75) is 6.42 Å². The van der Waals surface area contributed by atoms with Crippen LogP contribution in [0.25, 0.3) is 0 Å². The number of nitrogen functional groups attached to an aromatic ring is 1. The number of aromatic nitrogens is 1. The number of nitrogens with zero attached hydrogens (tertiary/aromatic N) is 1. The fraction of sp³-hybridized carbons (Fsp3) is 0.200. The number of methoxy groups -OCH3 is 1. The Kier molecular flexibility index (Phi) is 4.73. The number of pyridine rings is 1. The maximum Gasteiger partial charge on any atom is 0.338 e. The first-order valence-electron chi connectivity index (χ1n) is 6.34. The molecule has 3 N–H and O–H groups in total. The summed E-state index contributed by atoms with van der Waals surface area (Å²) in [4.78, 5) is 15.0. The van der Waals surface area contributed by atoms with Gasteiger partial charge in [0.25, 0.3) is 0 Å². The van der Waals surface area contributed by atoms with Crippen molar-refractivity contribution < 1.29 is 19.4 Å². The topological polar surface area (TPSA) is 94.7 Å². The number of carboxylic acid groups (broad SMARTS) is 1. The largest absolute Gasteiger partial charge is 0.478 e. The highest BCUT2D eigenvalue weighted by molar-refractivity contribution is 5.93. The van der Waals surface area contributed by atoms with Crippen LogP contribution in [0.1, 0.15) is 15.9 Å². The van der Waals surface area contributed by atoms with E-state index in [-0.39, 0.29) is 17.1 Å². The van der Waals surface area contributed by atoms with Gasteiger partial charge in [0, 0.05) is 13.2 Å². The number of rotatable bonds is 6. The van der Waals surface area contributed by atoms with Crippen LogP contribution in [0, 0.1) is 0 Å². The van der Waals surface area contributed by atoms with Crippen molar-refractivity contribution in [1.82, 2.24) is 4.98 Å². The second-order valence-electron chi connectivity index (χ2n) is 4.40. The molecule has 0 saturated heterocycles. The third-order valence-corrected chi connectivity index (χ3v) is 2.88. The predicted molar refractivity (Wildman–Crippen MR) is 77.7 cm³/mol. The highest BCUT2D eigenvalue weighted by atomic mass is 16.5. The van der Waals surface area contributed by atoms with E-state index in [4.69, 9.17) is 20.3 Å². The molecule has 0 bridgehead atoms. The van der Waals surface area contributed by atoms with E-state index in [0.29, 0.717) is 12.4 Å². The van der Waals surface area contributed by atoms with Crippen LogP contribution >= 0.6 is 0 Å². The summed E-state index contributed by atoms with van der Waals surface area (Å²) in [5.74, 6) is -0.356. The van der Waals surface area contributed by atoms with Gasteiger partial charge in [0.15, 0.2) is 0 Å². The molecule has 1 heterocycles. The molecular formula is C15H16N2O4. The summed E-state index contributed by atoms with van der Waals surface area (Å²) in [6.07, 6.45) is 2.09. The lowest BCUT2D eigenvalue weighted by Gasteiger charge is -2.07. The third kappa shape index (κ3) is 3.93. The molecule has 0 radical (unpaired) electrons. The number of aromatic carboxylic acids is 1. The van der Waals surface area contributed by atoms with Crippen LogP contribution < -0.4 is 10.5 Å². The van der Waals surface area contributed by atoms with Crippen LogP contribution in [0.4, 0.5) is 5.69 Å². The van der Waals surface area contributed by atoms with E-state index in [1.54, 1.807) is 19.2 Å². The van der Waals surface area contributed by atoms with Gasteiger partial charge in [-0.2, -0.15) is 0 Å². The number of benzene rings is 1. The number of anilines is 1. The minimum Gasteiger partial charge on any atom is -0.478 e. The van der Waals surface area contributed by atoms with Crippen molar-refractivity contribution in [3.05, 3.63) is 47.7 Å². The summed E-state index contributed by atoms with van der Waals surface area (Å²) in [7, 11) is 1.66. The molecule has 0 aliphatic heterocycles. The average Bonchev–Trinajstić information content (AvgIpc) is 2.48. The second-order valence-corrected chi connectivity index (χ2v) is 4.40. The monoisotopic (exact) mass is 288 g/mol. The number of ether oxygens (including phenoxy) is 2. The number of hydrogen-bond acceptors (Lipinski definition) is 5. The van der Waals surface area contributed by atoms with Crippen molar-refractivity contribution in [2.24, 2.45) is 0 Å². The van der Waals surface area contributed by atoms with Crippen LogP contribution in [-0.4, -0.2) is 29.8 Å². The van der Waals surface area contributed by atoms with Gasteiger partial charge in [-0.05, 0) is 24.1 Å². The molecule has 6 nitrogen and oxygen atoms in total. The molecule has 2 rings (SSSR count). The lowest BCUT2D eigenvalue weighted by atomic mass is 10.1. The van der Waals surface area contributed by atoms with E-state index >= 15 is 0 Å². The van der Waals surface area contributed by atoms with Crippen LogP contribution in [-0.2, 0) is 11.2 Å². The molecule has 1 aromatic carbocycles. The molecule has 0 amide bonds. The Labute approximate surface area is 122 Å². The fourth-order valence-electron chi connectivity index (χ4n) is 1.75. The molecule has 0 spiro atoms. The molecule has 21 heavy (non-hydrogen) atoms. The maximum atomic E-state index is 11.0. The lowest BCUT2D eigenvalue weighted by Crippen LogP contribution is -2.03. The predicted octanol–water partition coefficient (Wildman–Crippen LogP) is 2.34. The van der Waals surface area contributed by atoms with Gasteiger partial charge in [0.05, 0.1) is 24.1 Å². The first-order valence-corrected chi connectivity index (χ1v) is 6.34. The number of hydrogen-bond donors (Lipinski definition) is 2. The Morgan fingerprint density at radius 3 is 2.67 bits per heavy atom. The minimum atomic E-state index is -1.12. The molecular weight excluding hydrogens is 272 g/mol. The Hall–Kier alpha value is -2.60. The molecule has 0 atom stereocenters. The first kappa shape index (κ1) is 14.8. The Morgan fingerprint density at radius 1 is 1.33 bits per heavy atom. The van der Waals surface area contributed by atoms with Crippen molar-refractivity contribution in [3.63, 3.8) is 0 Å². The van der Waals surface area contributed by atoms with E-state index in [0.717, 1.165) is 12.0 Å². The quantitative estimate of drug-likeness (QED) is 0.847. The van der Waals surface area contributed by atoms with Gasteiger partial charge in [0.1, 0.15) is 5.75 Å². The summed E-state index contributed by atoms with van der Waals surface area (Å²) in [5, 5.41) is 9.00. The Morgan fingerprint density at radius 2 is 2.05 bits per heavy atom. The van der Waals surface area contributed by atoms with Gasteiger partial charge in [-0.15, -0.1) is 0 Å².